The lowest BCUT2D eigenvalue weighted by molar-refractivity contribution is 0.0664. The average Bonchev–Trinajstić information content (AvgIpc) is 2.14. The number of rotatable bonds is 2. The van der Waals surface area contributed by atoms with E-state index in [0.29, 0.717) is 0 Å². The Morgan fingerprint density at radius 2 is 1.25 bits per heavy atom. The predicted octanol–water partition coefficient (Wildman–Crippen LogP) is 1.81. The third kappa shape index (κ3) is 1.60. The highest BCUT2D eigenvalue weighted by molar-refractivity contribution is 5.94. The van der Waals surface area contributed by atoms with Crippen LogP contribution in [-0.2, 0) is 0 Å². The van der Waals surface area contributed by atoms with Gasteiger partial charge < -0.3 is 10.2 Å². The molecule has 0 heterocycles. The summed E-state index contributed by atoms with van der Waals surface area (Å²) in [5.41, 5.74) is -3.47. The molecule has 0 atom stereocenters. The quantitative estimate of drug-likeness (QED) is 0.765. The first-order chi connectivity index (χ1) is 7.29. The van der Waals surface area contributed by atoms with E-state index in [9.17, 15) is 22.8 Å². The zero-order valence-corrected chi connectivity index (χ0v) is 7.84. The number of carboxylic acid groups (broad SMARTS) is 2. The summed E-state index contributed by atoms with van der Waals surface area (Å²) >= 11 is 0. The van der Waals surface area contributed by atoms with E-state index in [-0.39, 0.29) is 0 Å². The zero-order chi connectivity index (χ0) is 12.6. The van der Waals surface area contributed by atoms with Crippen molar-refractivity contribution in [3.8, 4) is 0 Å². The molecule has 16 heavy (non-hydrogen) atoms. The Hall–Kier alpha value is -2.05. The van der Waals surface area contributed by atoms with Crippen molar-refractivity contribution in [3.05, 3.63) is 34.1 Å². The van der Waals surface area contributed by atoms with Crippen LogP contribution < -0.4 is 0 Å². The third-order valence-electron chi connectivity index (χ3n) is 1.98. The van der Waals surface area contributed by atoms with Gasteiger partial charge in [0.25, 0.3) is 0 Å². The van der Waals surface area contributed by atoms with E-state index in [2.05, 4.69) is 0 Å². The highest BCUT2D eigenvalue weighted by Crippen LogP contribution is 2.24. The Labute approximate surface area is 86.9 Å². The van der Waals surface area contributed by atoms with Crippen LogP contribution in [0.5, 0.6) is 0 Å². The van der Waals surface area contributed by atoms with E-state index >= 15 is 0 Å². The van der Waals surface area contributed by atoms with Gasteiger partial charge in [-0.25, -0.2) is 22.8 Å². The molecule has 7 heteroatoms. The van der Waals surface area contributed by atoms with Gasteiger partial charge in [-0.1, -0.05) is 0 Å². The second-order valence-corrected chi connectivity index (χ2v) is 2.93. The second kappa shape index (κ2) is 3.84. The highest BCUT2D eigenvalue weighted by Gasteiger charge is 2.29. The molecule has 0 saturated heterocycles. The fourth-order valence-corrected chi connectivity index (χ4v) is 1.22. The van der Waals surface area contributed by atoms with Crippen molar-refractivity contribution in [2.75, 3.05) is 0 Å². The van der Waals surface area contributed by atoms with Crippen molar-refractivity contribution in [1.82, 2.24) is 0 Å². The smallest absolute Gasteiger partial charge is 0.341 e. The summed E-state index contributed by atoms with van der Waals surface area (Å²) in [6.45, 7) is 0.855. The minimum atomic E-state index is -2.02. The van der Waals surface area contributed by atoms with Crippen LogP contribution in [0.15, 0.2) is 0 Å². The largest absolute Gasteiger partial charge is 0.478 e. The predicted molar refractivity (Wildman–Crippen MR) is 45.0 cm³/mol. The summed E-state index contributed by atoms with van der Waals surface area (Å²) < 4.78 is 39.4. The summed E-state index contributed by atoms with van der Waals surface area (Å²) in [5, 5.41) is 16.9. The van der Waals surface area contributed by atoms with E-state index in [1.807, 2.05) is 0 Å². The van der Waals surface area contributed by atoms with Gasteiger partial charge in [-0.15, -0.1) is 0 Å². The molecule has 0 bridgehead atoms. The molecule has 0 aromatic heterocycles. The molecule has 1 rings (SSSR count). The second-order valence-electron chi connectivity index (χ2n) is 2.93. The number of hydrogen-bond acceptors (Lipinski definition) is 2. The summed E-state index contributed by atoms with van der Waals surface area (Å²) in [6.07, 6.45) is 0. The number of aromatic carboxylic acids is 2. The monoisotopic (exact) mass is 234 g/mol. The van der Waals surface area contributed by atoms with Gasteiger partial charge in [0.1, 0.15) is 16.9 Å². The first kappa shape index (κ1) is 12.0. The fourth-order valence-electron chi connectivity index (χ4n) is 1.22. The molecule has 0 unspecified atom stereocenters. The fraction of sp³-hybridized carbons (Fsp3) is 0.111. The highest BCUT2D eigenvalue weighted by atomic mass is 19.2. The Kier molecular flexibility index (Phi) is 2.88. The number of halogens is 3. The van der Waals surface area contributed by atoms with Crippen molar-refractivity contribution in [3.63, 3.8) is 0 Å². The van der Waals surface area contributed by atoms with E-state index in [4.69, 9.17) is 10.2 Å². The van der Waals surface area contributed by atoms with Gasteiger partial charge in [-0.05, 0) is 6.92 Å². The summed E-state index contributed by atoms with van der Waals surface area (Å²) in [7, 11) is 0. The lowest BCUT2D eigenvalue weighted by Crippen LogP contribution is -2.15. The van der Waals surface area contributed by atoms with Crippen LogP contribution in [-0.4, -0.2) is 22.2 Å². The molecule has 2 N–H and O–H groups in total. The topological polar surface area (TPSA) is 74.6 Å². The number of hydrogen-bond donors (Lipinski definition) is 2. The molecule has 0 fully saturated rings. The molecule has 0 aliphatic carbocycles. The first-order valence-electron chi connectivity index (χ1n) is 3.92. The van der Waals surface area contributed by atoms with Gasteiger partial charge in [0.05, 0.1) is 0 Å². The van der Waals surface area contributed by atoms with Crippen LogP contribution in [0, 0.1) is 24.4 Å². The average molecular weight is 234 g/mol. The number of benzene rings is 1. The lowest BCUT2D eigenvalue weighted by Gasteiger charge is -2.08. The minimum Gasteiger partial charge on any atom is -0.478 e. The molecule has 0 aliphatic heterocycles. The van der Waals surface area contributed by atoms with Crippen molar-refractivity contribution in [2.24, 2.45) is 0 Å². The summed E-state index contributed by atoms with van der Waals surface area (Å²) in [6, 6.07) is 0. The molecule has 1 aromatic carbocycles. The van der Waals surface area contributed by atoms with Crippen LogP contribution in [0.25, 0.3) is 0 Å². The van der Waals surface area contributed by atoms with Gasteiger partial charge in [-0.3, -0.25) is 0 Å². The third-order valence-corrected chi connectivity index (χ3v) is 1.98. The zero-order valence-electron chi connectivity index (χ0n) is 7.84. The van der Waals surface area contributed by atoms with Gasteiger partial charge in [0.15, 0.2) is 11.6 Å². The standard InChI is InChI=1S/C9H5F3O4/c1-2-3(8(13)14)6(11)7(12)4(5(2)10)9(15)16/h1H3,(H,13,14)(H,15,16). The molecule has 4 nitrogen and oxygen atoms in total. The molecule has 0 saturated carbocycles. The van der Waals surface area contributed by atoms with Crippen molar-refractivity contribution in [2.45, 2.75) is 6.92 Å². The molecule has 0 aliphatic rings. The van der Waals surface area contributed by atoms with Crippen LogP contribution in [0.2, 0.25) is 0 Å². The van der Waals surface area contributed by atoms with E-state index in [1.165, 1.54) is 0 Å². The molecular weight excluding hydrogens is 229 g/mol. The van der Waals surface area contributed by atoms with Crippen molar-refractivity contribution < 1.29 is 33.0 Å². The van der Waals surface area contributed by atoms with Gasteiger partial charge >= 0.3 is 11.9 Å². The lowest BCUT2D eigenvalue weighted by atomic mass is 10.0. The van der Waals surface area contributed by atoms with Gasteiger partial charge in [-0.2, -0.15) is 0 Å². The maximum atomic E-state index is 13.3. The Morgan fingerprint density at radius 3 is 1.62 bits per heavy atom. The Morgan fingerprint density at radius 1 is 0.875 bits per heavy atom. The maximum absolute atomic E-state index is 13.3. The molecular formula is C9H5F3O4. The van der Waals surface area contributed by atoms with Crippen LogP contribution in [0.1, 0.15) is 26.3 Å². The number of carbonyl (C=O) groups is 2. The number of carboxylic acids is 2. The molecule has 0 spiro atoms. The van der Waals surface area contributed by atoms with E-state index in [0.717, 1.165) is 6.92 Å². The minimum absolute atomic E-state index is 0.760. The first-order valence-corrected chi connectivity index (χ1v) is 3.92. The van der Waals surface area contributed by atoms with Crippen molar-refractivity contribution in [1.29, 1.82) is 0 Å². The van der Waals surface area contributed by atoms with Crippen molar-refractivity contribution >= 4 is 11.9 Å². The summed E-state index contributed by atoms with van der Waals surface area (Å²) in [4.78, 5) is 20.9. The molecule has 1 aromatic rings. The molecule has 86 valence electrons. The van der Waals surface area contributed by atoms with Gasteiger partial charge in [0, 0.05) is 5.56 Å². The SMILES string of the molecule is Cc1c(F)c(C(=O)O)c(F)c(F)c1C(=O)O. The van der Waals surface area contributed by atoms with Gasteiger partial charge in [0.2, 0.25) is 0 Å². The molecule has 0 amide bonds. The molecule has 0 radical (unpaired) electrons. The Bertz CT molecular complexity index is 422. The van der Waals surface area contributed by atoms with Crippen LogP contribution in [0.4, 0.5) is 13.2 Å². The van der Waals surface area contributed by atoms with E-state index < -0.39 is 46.1 Å². The maximum Gasteiger partial charge on any atom is 0.341 e. The Balaban J connectivity index is 3.77. The summed E-state index contributed by atoms with van der Waals surface area (Å²) in [5.74, 6) is -9.38. The van der Waals surface area contributed by atoms with E-state index in [1.54, 1.807) is 0 Å². The normalized spacial score (nSPS) is 10.2. The van der Waals surface area contributed by atoms with Crippen LogP contribution >= 0.6 is 0 Å². The van der Waals surface area contributed by atoms with Crippen LogP contribution in [0.3, 0.4) is 0 Å².